The summed E-state index contributed by atoms with van der Waals surface area (Å²) in [7, 11) is 0. The first kappa shape index (κ1) is 9.34. The third kappa shape index (κ3) is 3.44. The normalized spacial score (nSPS) is 10.2. The van der Waals surface area contributed by atoms with Crippen LogP contribution in [0.3, 0.4) is 0 Å². The Morgan fingerprint density at radius 1 is 1.38 bits per heavy atom. The van der Waals surface area contributed by atoms with Gasteiger partial charge in [0.25, 0.3) is 0 Å². The minimum Gasteiger partial charge on any atom is -0.273 e. The predicted molar refractivity (Wildman–Crippen MR) is 47.7 cm³/mol. The molecule has 0 aliphatic heterocycles. The van der Waals surface area contributed by atoms with Crippen LogP contribution in [0.1, 0.15) is 5.56 Å². The van der Waals surface area contributed by atoms with Gasteiger partial charge in [0.2, 0.25) is 0 Å². The number of hydrogen-bond acceptors (Lipinski definition) is 3. The second kappa shape index (κ2) is 5.00. The maximum absolute atomic E-state index is 10.5. The average molecular weight is 178 g/mol. The van der Waals surface area contributed by atoms with E-state index in [-0.39, 0.29) is 0 Å². The van der Waals surface area contributed by atoms with Crippen LogP contribution in [-0.2, 0) is 6.54 Å². The Hall–Kier alpha value is -1.75. The van der Waals surface area contributed by atoms with Gasteiger partial charge < -0.3 is 0 Å². The Balaban J connectivity index is 2.44. The van der Waals surface area contributed by atoms with Crippen molar-refractivity contribution in [1.82, 2.24) is 5.43 Å². The molecule has 0 fully saturated rings. The molecule has 1 aromatic rings. The van der Waals surface area contributed by atoms with Crippen LogP contribution in [0.25, 0.3) is 0 Å². The number of rotatable bonds is 2. The summed E-state index contributed by atoms with van der Waals surface area (Å²) in [6.45, 7) is 0.383. The minimum atomic E-state index is -0.643. The van der Waals surface area contributed by atoms with Crippen molar-refractivity contribution in [2.45, 2.75) is 6.54 Å². The lowest BCUT2D eigenvalue weighted by Crippen LogP contribution is -2.26. The molecule has 0 bridgehead atoms. The molecule has 0 unspecified atom stereocenters. The van der Waals surface area contributed by atoms with Crippen molar-refractivity contribution in [3.63, 3.8) is 0 Å². The molecular weight excluding hydrogens is 168 g/mol. The highest BCUT2D eigenvalue weighted by molar-refractivity contribution is 5.73. The fraction of sp³-hybridized carbons (Fsp3) is 0.125. The van der Waals surface area contributed by atoms with E-state index >= 15 is 0 Å². The molecule has 0 atom stereocenters. The molecular formula is C8H10N4O. The topological polar surface area (TPSA) is 79.8 Å². The van der Waals surface area contributed by atoms with Gasteiger partial charge in [-0.1, -0.05) is 35.4 Å². The van der Waals surface area contributed by atoms with Crippen LogP contribution in [0.15, 0.2) is 40.6 Å². The molecule has 0 aliphatic rings. The van der Waals surface area contributed by atoms with Crippen LogP contribution >= 0.6 is 0 Å². The SMILES string of the molecule is NNC(=O)N=NCc1ccccc1. The number of nitrogens with one attached hydrogen (secondary N) is 1. The molecule has 0 spiro atoms. The first-order valence-corrected chi connectivity index (χ1v) is 3.75. The molecule has 3 N–H and O–H groups in total. The monoisotopic (exact) mass is 178 g/mol. The predicted octanol–water partition coefficient (Wildman–Crippen LogP) is 1.22. The van der Waals surface area contributed by atoms with Gasteiger partial charge in [0.15, 0.2) is 0 Å². The van der Waals surface area contributed by atoms with Crippen molar-refractivity contribution < 1.29 is 4.79 Å². The molecule has 0 radical (unpaired) electrons. The van der Waals surface area contributed by atoms with Gasteiger partial charge in [0.05, 0.1) is 6.54 Å². The van der Waals surface area contributed by atoms with Gasteiger partial charge in [-0.2, -0.15) is 5.11 Å². The summed E-state index contributed by atoms with van der Waals surface area (Å²) >= 11 is 0. The molecule has 13 heavy (non-hydrogen) atoms. The zero-order valence-corrected chi connectivity index (χ0v) is 6.97. The van der Waals surface area contributed by atoms with E-state index in [0.717, 1.165) is 5.56 Å². The Morgan fingerprint density at radius 2 is 2.08 bits per heavy atom. The number of hydrogen-bond donors (Lipinski definition) is 2. The van der Waals surface area contributed by atoms with Crippen molar-refractivity contribution in [3.8, 4) is 0 Å². The van der Waals surface area contributed by atoms with Crippen molar-refractivity contribution >= 4 is 6.03 Å². The van der Waals surface area contributed by atoms with E-state index in [1.165, 1.54) is 0 Å². The first-order valence-electron chi connectivity index (χ1n) is 3.75. The van der Waals surface area contributed by atoms with Crippen LogP contribution < -0.4 is 11.3 Å². The molecule has 1 aromatic carbocycles. The molecule has 0 saturated heterocycles. The van der Waals surface area contributed by atoms with Crippen molar-refractivity contribution in [2.24, 2.45) is 16.1 Å². The van der Waals surface area contributed by atoms with Gasteiger partial charge in [-0.25, -0.2) is 10.6 Å². The third-order valence-electron chi connectivity index (χ3n) is 1.38. The highest BCUT2D eigenvalue weighted by atomic mass is 16.2. The van der Waals surface area contributed by atoms with Crippen LogP contribution in [0.2, 0.25) is 0 Å². The van der Waals surface area contributed by atoms with E-state index in [9.17, 15) is 4.79 Å². The van der Waals surface area contributed by atoms with Crippen molar-refractivity contribution in [1.29, 1.82) is 0 Å². The smallest absolute Gasteiger partial charge is 0.273 e. The Bertz CT molecular complexity index is 296. The Kier molecular flexibility index (Phi) is 3.59. The van der Waals surface area contributed by atoms with Gasteiger partial charge in [-0.3, -0.25) is 5.43 Å². The summed E-state index contributed by atoms with van der Waals surface area (Å²) in [6, 6.07) is 8.86. The zero-order chi connectivity index (χ0) is 9.52. The molecule has 0 aromatic heterocycles. The number of nitrogens with zero attached hydrogens (tertiary/aromatic N) is 2. The van der Waals surface area contributed by atoms with Crippen LogP contribution in [0.4, 0.5) is 4.79 Å². The van der Waals surface area contributed by atoms with Gasteiger partial charge in [-0.15, -0.1) is 0 Å². The van der Waals surface area contributed by atoms with Crippen LogP contribution in [0, 0.1) is 0 Å². The number of urea groups is 1. The summed E-state index contributed by atoms with van der Waals surface area (Å²) in [4.78, 5) is 10.5. The summed E-state index contributed by atoms with van der Waals surface area (Å²) < 4.78 is 0. The molecule has 0 aliphatic carbocycles. The maximum atomic E-state index is 10.5. The summed E-state index contributed by atoms with van der Waals surface area (Å²) in [5.41, 5.74) is 2.85. The molecule has 2 amide bonds. The highest BCUT2D eigenvalue weighted by Gasteiger charge is 1.91. The van der Waals surface area contributed by atoms with Crippen LogP contribution in [0.5, 0.6) is 0 Å². The van der Waals surface area contributed by atoms with Crippen molar-refractivity contribution in [2.75, 3.05) is 0 Å². The number of azo groups is 1. The number of nitrogens with two attached hydrogens (primary N) is 1. The Labute approximate surface area is 75.6 Å². The van der Waals surface area contributed by atoms with Crippen LogP contribution in [-0.4, -0.2) is 6.03 Å². The molecule has 0 heterocycles. The van der Waals surface area contributed by atoms with E-state index in [1.54, 1.807) is 0 Å². The summed E-state index contributed by atoms with van der Waals surface area (Å²) in [5, 5.41) is 6.93. The molecule has 5 nitrogen and oxygen atoms in total. The van der Waals surface area contributed by atoms with Crippen molar-refractivity contribution in [3.05, 3.63) is 35.9 Å². The van der Waals surface area contributed by atoms with Gasteiger partial charge in [0, 0.05) is 0 Å². The van der Waals surface area contributed by atoms with Gasteiger partial charge >= 0.3 is 6.03 Å². The van der Waals surface area contributed by atoms with E-state index < -0.39 is 6.03 Å². The number of carbonyl (C=O) groups is 1. The van der Waals surface area contributed by atoms with Gasteiger partial charge in [0.1, 0.15) is 0 Å². The number of carbonyl (C=O) groups excluding carboxylic acids is 1. The van der Waals surface area contributed by atoms with E-state index in [4.69, 9.17) is 5.84 Å². The van der Waals surface area contributed by atoms with E-state index in [1.807, 2.05) is 35.8 Å². The quantitative estimate of drug-likeness (QED) is 0.309. The first-order chi connectivity index (χ1) is 6.33. The Morgan fingerprint density at radius 3 is 2.69 bits per heavy atom. The lowest BCUT2D eigenvalue weighted by Gasteiger charge is -1.92. The second-order valence-electron chi connectivity index (χ2n) is 2.33. The second-order valence-corrected chi connectivity index (χ2v) is 2.33. The summed E-state index contributed by atoms with van der Waals surface area (Å²) in [5.74, 6) is 4.80. The molecule has 5 heteroatoms. The van der Waals surface area contributed by atoms with E-state index in [0.29, 0.717) is 6.54 Å². The third-order valence-corrected chi connectivity index (χ3v) is 1.38. The lowest BCUT2D eigenvalue weighted by atomic mass is 10.2. The highest BCUT2D eigenvalue weighted by Crippen LogP contribution is 1.99. The molecule has 1 rings (SSSR count). The van der Waals surface area contributed by atoms with E-state index in [2.05, 4.69) is 10.2 Å². The van der Waals surface area contributed by atoms with Gasteiger partial charge in [-0.05, 0) is 5.56 Å². The lowest BCUT2D eigenvalue weighted by molar-refractivity contribution is 0.248. The summed E-state index contributed by atoms with van der Waals surface area (Å²) in [6.07, 6.45) is 0. The maximum Gasteiger partial charge on any atom is 0.373 e. The molecule has 68 valence electrons. The number of benzene rings is 1. The molecule has 0 saturated carbocycles. The zero-order valence-electron chi connectivity index (χ0n) is 6.97. The largest absolute Gasteiger partial charge is 0.373 e. The fourth-order valence-corrected chi connectivity index (χ4v) is 0.794. The minimum absolute atomic E-state index is 0.383. The fourth-order valence-electron chi connectivity index (χ4n) is 0.794. The standard InChI is InChI=1S/C8H10N4O/c9-11-8(13)12-10-6-7-4-2-1-3-5-7/h1-5H,6,9H2,(H,11,13). The number of hydrazine groups is 1. The average Bonchev–Trinajstić information content (AvgIpc) is 2.19. The number of amides is 2.